The first kappa shape index (κ1) is 6.32. The lowest BCUT2D eigenvalue weighted by molar-refractivity contribution is 0.353. The zero-order chi connectivity index (χ0) is 6.81. The lowest BCUT2D eigenvalue weighted by atomic mass is 9.93. The van der Waals surface area contributed by atoms with Gasteiger partial charge in [-0.15, -0.1) is 0 Å². The summed E-state index contributed by atoms with van der Waals surface area (Å²) in [6.07, 6.45) is 7.93. The summed E-state index contributed by atoms with van der Waals surface area (Å²) in [6.45, 7) is 0. The van der Waals surface area contributed by atoms with Crippen molar-refractivity contribution in [2.24, 2.45) is 10.2 Å². The monoisotopic (exact) mass is 138 g/mol. The van der Waals surface area contributed by atoms with E-state index in [2.05, 4.69) is 10.2 Å². The molecule has 3 aliphatic rings. The van der Waals surface area contributed by atoms with Gasteiger partial charge in [-0.05, 0) is 25.7 Å². The molecule has 0 saturated heterocycles. The Morgan fingerprint density at radius 2 is 1.20 bits per heavy atom. The van der Waals surface area contributed by atoms with Gasteiger partial charge in [-0.3, -0.25) is 0 Å². The predicted molar refractivity (Wildman–Crippen MR) is 40.1 cm³/mol. The van der Waals surface area contributed by atoms with Gasteiger partial charge in [-0.1, -0.05) is 12.8 Å². The van der Waals surface area contributed by atoms with Crippen molar-refractivity contribution >= 4 is 0 Å². The fourth-order valence-corrected chi connectivity index (χ4v) is 1.85. The molecule has 2 heteroatoms. The zero-order valence-corrected chi connectivity index (χ0v) is 6.29. The number of rotatable bonds is 0. The highest BCUT2D eigenvalue weighted by molar-refractivity contribution is 4.79. The standard InChI is InChI=1S/C8H14N2/c1-2-4-8-6-5-7(3-1)9-10-8/h7-8H,1-6H2. The second kappa shape index (κ2) is 2.69. The van der Waals surface area contributed by atoms with Crippen LogP contribution < -0.4 is 0 Å². The Bertz CT molecular complexity index is 126. The minimum atomic E-state index is 0.594. The Hall–Kier alpha value is -0.400. The number of azo groups is 1. The molecule has 2 nitrogen and oxygen atoms in total. The second-order valence-corrected chi connectivity index (χ2v) is 3.40. The Kier molecular flexibility index (Phi) is 1.70. The first-order chi connectivity index (χ1) is 4.95. The van der Waals surface area contributed by atoms with Crippen LogP contribution in [0, 0.1) is 0 Å². The van der Waals surface area contributed by atoms with Crippen LogP contribution in [-0.4, -0.2) is 12.1 Å². The summed E-state index contributed by atoms with van der Waals surface area (Å²) in [6, 6.07) is 1.19. The maximum absolute atomic E-state index is 4.28. The molecule has 0 aromatic heterocycles. The molecule has 0 radical (unpaired) electrons. The Morgan fingerprint density at radius 1 is 0.700 bits per heavy atom. The first-order valence-corrected chi connectivity index (χ1v) is 4.35. The number of nitrogens with zero attached hydrogens (tertiary/aromatic N) is 2. The van der Waals surface area contributed by atoms with Crippen molar-refractivity contribution in [1.29, 1.82) is 0 Å². The highest BCUT2D eigenvalue weighted by Crippen LogP contribution is 2.26. The first-order valence-electron chi connectivity index (χ1n) is 4.35. The van der Waals surface area contributed by atoms with Crippen LogP contribution in [0.15, 0.2) is 10.2 Å². The minimum Gasteiger partial charge on any atom is -0.191 e. The van der Waals surface area contributed by atoms with E-state index < -0.39 is 0 Å². The van der Waals surface area contributed by atoms with Crippen LogP contribution in [0.3, 0.4) is 0 Å². The zero-order valence-electron chi connectivity index (χ0n) is 6.29. The van der Waals surface area contributed by atoms with E-state index in [1.165, 1.54) is 38.5 Å². The van der Waals surface area contributed by atoms with Crippen LogP contribution in [0.25, 0.3) is 0 Å². The average molecular weight is 138 g/mol. The van der Waals surface area contributed by atoms with Gasteiger partial charge in [0.2, 0.25) is 0 Å². The Balaban J connectivity index is 2.07. The van der Waals surface area contributed by atoms with Crippen molar-refractivity contribution in [1.82, 2.24) is 0 Å². The molecule has 1 saturated carbocycles. The molecule has 1 aliphatic carbocycles. The van der Waals surface area contributed by atoms with Gasteiger partial charge in [0, 0.05) is 0 Å². The highest BCUT2D eigenvalue weighted by atomic mass is 15.2. The fourth-order valence-electron chi connectivity index (χ4n) is 1.85. The van der Waals surface area contributed by atoms with Gasteiger partial charge >= 0.3 is 0 Å². The molecule has 0 spiro atoms. The number of fused-ring (bicyclic) bond motifs is 4. The summed E-state index contributed by atoms with van der Waals surface area (Å²) in [5, 5.41) is 8.55. The molecule has 2 heterocycles. The quantitative estimate of drug-likeness (QED) is 0.491. The molecular formula is C8H14N2. The van der Waals surface area contributed by atoms with E-state index in [9.17, 15) is 0 Å². The molecule has 10 heavy (non-hydrogen) atoms. The molecule has 3 rings (SSSR count). The minimum absolute atomic E-state index is 0.594. The van der Waals surface area contributed by atoms with Crippen molar-refractivity contribution in [2.75, 3.05) is 0 Å². The van der Waals surface area contributed by atoms with Crippen LogP contribution in [0.4, 0.5) is 0 Å². The summed E-state index contributed by atoms with van der Waals surface area (Å²) in [4.78, 5) is 0. The third-order valence-electron chi connectivity index (χ3n) is 2.55. The highest BCUT2D eigenvalue weighted by Gasteiger charge is 2.20. The Morgan fingerprint density at radius 3 is 1.60 bits per heavy atom. The lowest BCUT2D eigenvalue weighted by Gasteiger charge is -2.23. The molecule has 0 N–H and O–H groups in total. The lowest BCUT2D eigenvalue weighted by Crippen LogP contribution is -2.19. The third kappa shape index (κ3) is 1.20. The molecule has 1 fully saturated rings. The maximum atomic E-state index is 4.28. The van der Waals surface area contributed by atoms with Crippen LogP contribution in [0.5, 0.6) is 0 Å². The largest absolute Gasteiger partial charge is 0.191 e. The average Bonchev–Trinajstić information content (AvgIpc) is 1.89. The van der Waals surface area contributed by atoms with E-state index in [1.807, 2.05) is 0 Å². The van der Waals surface area contributed by atoms with Gasteiger partial charge in [-0.2, -0.15) is 10.2 Å². The van der Waals surface area contributed by atoms with Gasteiger partial charge < -0.3 is 0 Å². The van der Waals surface area contributed by atoms with Crippen LogP contribution >= 0.6 is 0 Å². The molecule has 56 valence electrons. The molecule has 0 aromatic carbocycles. The van der Waals surface area contributed by atoms with Gasteiger partial charge in [0.25, 0.3) is 0 Å². The molecule has 0 amide bonds. The fraction of sp³-hybridized carbons (Fsp3) is 1.00. The van der Waals surface area contributed by atoms with Crippen LogP contribution in [0.2, 0.25) is 0 Å². The van der Waals surface area contributed by atoms with Gasteiger partial charge in [0.05, 0.1) is 12.1 Å². The molecule has 2 bridgehead atoms. The molecule has 0 aromatic rings. The summed E-state index contributed by atoms with van der Waals surface area (Å²) < 4.78 is 0. The van der Waals surface area contributed by atoms with Gasteiger partial charge in [0.15, 0.2) is 0 Å². The number of hydrogen-bond donors (Lipinski definition) is 0. The van der Waals surface area contributed by atoms with Crippen molar-refractivity contribution in [2.45, 2.75) is 50.6 Å². The van der Waals surface area contributed by atoms with E-state index in [4.69, 9.17) is 0 Å². The SMILES string of the molecule is C1CCC2CCC(C1)N=N2. The maximum Gasteiger partial charge on any atom is 0.0709 e. The van der Waals surface area contributed by atoms with Crippen molar-refractivity contribution in [3.63, 3.8) is 0 Å². The molecule has 2 aliphatic heterocycles. The van der Waals surface area contributed by atoms with Crippen LogP contribution in [-0.2, 0) is 0 Å². The molecular weight excluding hydrogens is 124 g/mol. The Labute approximate surface area is 61.7 Å². The predicted octanol–water partition coefficient (Wildman–Crippen LogP) is 2.54. The third-order valence-corrected chi connectivity index (χ3v) is 2.55. The summed E-state index contributed by atoms with van der Waals surface area (Å²) in [5.41, 5.74) is 0. The summed E-state index contributed by atoms with van der Waals surface area (Å²) in [7, 11) is 0. The van der Waals surface area contributed by atoms with E-state index in [-0.39, 0.29) is 0 Å². The normalized spacial score (nSPS) is 39.2. The van der Waals surface area contributed by atoms with Crippen molar-refractivity contribution in [3.05, 3.63) is 0 Å². The topological polar surface area (TPSA) is 24.7 Å². The summed E-state index contributed by atoms with van der Waals surface area (Å²) in [5.74, 6) is 0. The number of hydrogen-bond acceptors (Lipinski definition) is 2. The van der Waals surface area contributed by atoms with E-state index in [0.717, 1.165) is 0 Å². The molecule has 2 atom stereocenters. The van der Waals surface area contributed by atoms with Crippen molar-refractivity contribution in [3.8, 4) is 0 Å². The van der Waals surface area contributed by atoms with E-state index in [1.54, 1.807) is 0 Å². The van der Waals surface area contributed by atoms with Gasteiger partial charge in [0.1, 0.15) is 0 Å². The van der Waals surface area contributed by atoms with E-state index >= 15 is 0 Å². The van der Waals surface area contributed by atoms with E-state index in [0.29, 0.717) is 12.1 Å². The van der Waals surface area contributed by atoms with Crippen LogP contribution in [0.1, 0.15) is 38.5 Å². The second-order valence-electron chi connectivity index (χ2n) is 3.40. The summed E-state index contributed by atoms with van der Waals surface area (Å²) >= 11 is 0. The van der Waals surface area contributed by atoms with Crippen molar-refractivity contribution < 1.29 is 0 Å². The molecule has 2 unspecified atom stereocenters. The smallest absolute Gasteiger partial charge is 0.0709 e. The van der Waals surface area contributed by atoms with Gasteiger partial charge in [-0.25, -0.2) is 0 Å².